The number of piperazine rings is 1. The highest BCUT2D eigenvalue weighted by molar-refractivity contribution is 7.99. The van der Waals surface area contributed by atoms with E-state index >= 15 is 0 Å². The first-order chi connectivity index (χ1) is 25.5. The maximum absolute atomic E-state index is 6.39. The van der Waals surface area contributed by atoms with E-state index in [4.69, 9.17) is 54.2 Å². The highest BCUT2D eigenvalue weighted by atomic mass is 35.5. The first-order valence-corrected chi connectivity index (χ1v) is 19.5. The molecule has 1 saturated heterocycles. The molecule has 0 saturated carbocycles. The van der Waals surface area contributed by atoms with Crippen molar-refractivity contribution in [2.45, 2.75) is 34.5 Å². The minimum absolute atomic E-state index is 0.111. The van der Waals surface area contributed by atoms with Gasteiger partial charge in [0.05, 0.1) is 84.1 Å². The number of ether oxygens (including phenoxy) is 9. The van der Waals surface area contributed by atoms with Crippen LogP contribution in [-0.4, -0.2) is 175 Å². The molecule has 2 aromatic rings. The number of hydrogen-bond acceptors (Lipinski definition) is 13. The fourth-order valence-corrected chi connectivity index (χ4v) is 7.22. The smallest absolute Gasteiger partial charge is 0.104 e. The number of halogens is 1. The molecule has 0 aromatic heterocycles. The van der Waals surface area contributed by atoms with Crippen molar-refractivity contribution in [3.8, 4) is 0 Å². The van der Waals surface area contributed by atoms with Gasteiger partial charge >= 0.3 is 0 Å². The predicted molar refractivity (Wildman–Crippen MR) is 205 cm³/mol. The number of methoxy groups -OCH3 is 4. The van der Waals surface area contributed by atoms with Gasteiger partial charge in [0.15, 0.2) is 0 Å². The number of rotatable bonds is 28. The number of hydrogen-bond donors (Lipinski definition) is 0. The number of para-hydroxylation sites is 1. The maximum Gasteiger partial charge on any atom is 0.104 e. The third-order valence-corrected chi connectivity index (χ3v) is 10.4. The quantitative estimate of drug-likeness (QED) is 0.112. The molecule has 0 aliphatic carbocycles. The molecule has 294 valence electrons. The first kappa shape index (κ1) is 43.2. The van der Waals surface area contributed by atoms with Crippen molar-refractivity contribution in [1.29, 1.82) is 0 Å². The van der Waals surface area contributed by atoms with Crippen LogP contribution in [-0.2, 0) is 42.6 Å². The molecule has 12 nitrogen and oxygen atoms in total. The Morgan fingerprint density at radius 3 is 1.75 bits per heavy atom. The highest BCUT2D eigenvalue weighted by Gasteiger charge is 2.24. The lowest BCUT2D eigenvalue weighted by molar-refractivity contribution is -0.0918. The minimum Gasteiger partial charge on any atom is -0.382 e. The zero-order valence-corrected chi connectivity index (χ0v) is 33.1. The van der Waals surface area contributed by atoms with E-state index in [-0.39, 0.29) is 18.3 Å². The molecular weight excluding hydrogens is 710 g/mol. The van der Waals surface area contributed by atoms with E-state index in [1.807, 2.05) is 17.8 Å². The van der Waals surface area contributed by atoms with Gasteiger partial charge < -0.3 is 52.4 Å². The SMILES string of the molecule is COCC(COCC(COCC(COCCOCCOCCN1CCN(CCCN2c3ccccc3Sc3ccc(Cl)cc32)CC1)OC)OC)OC. The molecular formula is C38H60ClN3O9S. The van der Waals surface area contributed by atoms with E-state index < -0.39 is 0 Å². The molecule has 52 heavy (non-hydrogen) atoms. The first-order valence-electron chi connectivity index (χ1n) is 18.3. The van der Waals surface area contributed by atoms with Gasteiger partial charge in [0.25, 0.3) is 0 Å². The van der Waals surface area contributed by atoms with Crippen LogP contribution in [0.15, 0.2) is 52.3 Å². The summed E-state index contributed by atoms with van der Waals surface area (Å²) < 4.78 is 50.1. The third kappa shape index (κ3) is 15.3. The van der Waals surface area contributed by atoms with Crippen LogP contribution in [0.25, 0.3) is 0 Å². The number of fused-ring (bicyclic) bond motifs is 2. The zero-order chi connectivity index (χ0) is 36.8. The number of anilines is 2. The van der Waals surface area contributed by atoms with Crippen LogP contribution in [0.4, 0.5) is 11.4 Å². The summed E-state index contributed by atoms with van der Waals surface area (Å²) >= 11 is 8.22. The Kier molecular flexibility index (Phi) is 21.2. The van der Waals surface area contributed by atoms with Crippen LogP contribution in [0, 0.1) is 0 Å². The van der Waals surface area contributed by atoms with Crippen LogP contribution in [0.3, 0.4) is 0 Å². The van der Waals surface area contributed by atoms with Crippen LogP contribution in [0.5, 0.6) is 0 Å². The zero-order valence-electron chi connectivity index (χ0n) is 31.5. The Hall–Kier alpha value is -1.56. The van der Waals surface area contributed by atoms with Gasteiger partial charge in [-0.05, 0) is 43.3 Å². The Morgan fingerprint density at radius 1 is 0.577 bits per heavy atom. The topological polar surface area (TPSA) is 92.8 Å². The van der Waals surface area contributed by atoms with Crippen molar-refractivity contribution < 1.29 is 42.6 Å². The van der Waals surface area contributed by atoms with Gasteiger partial charge in [-0.1, -0.05) is 35.5 Å². The molecule has 1 fully saturated rings. The summed E-state index contributed by atoms with van der Waals surface area (Å²) in [6.45, 7) is 12.6. The van der Waals surface area contributed by atoms with Crippen LogP contribution >= 0.6 is 23.4 Å². The van der Waals surface area contributed by atoms with E-state index in [0.717, 1.165) is 57.3 Å². The summed E-state index contributed by atoms with van der Waals surface area (Å²) in [5.41, 5.74) is 2.48. The van der Waals surface area contributed by atoms with Gasteiger partial charge in [-0.15, -0.1) is 0 Å². The van der Waals surface area contributed by atoms with Crippen LogP contribution in [0.2, 0.25) is 5.02 Å². The predicted octanol–water partition coefficient (Wildman–Crippen LogP) is 4.72. The fraction of sp³-hybridized carbons (Fsp3) is 0.684. The van der Waals surface area contributed by atoms with Gasteiger partial charge in [0, 0.05) is 82.5 Å². The minimum atomic E-state index is -0.190. The Morgan fingerprint density at radius 2 is 1.12 bits per heavy atom. The molecule has 14 heteroatoms. The summed E-state index contributed by atoms with van der Waals surface area (Å²) in [7, 11) is 6.56. The summed E-state index contributed by atoms with van der Waals surface area (Å²) in [6, 6.07) is 14.9. The van der Waals surface area contributed by atoms with Gasteiger partial charge in [-0.25, -0.2) is 0 Å². The van der Waals surface area contributed by atoms with Crippen molar-refractivity contribution in [3.63, 3.8) is 0 Å². The lowest BCUT2D eigenvalue weighted by Crippen LogP contribution is -2.47. The van der Waals surface area contributed by atoms with Crippen molar-refractivity contribution in [3.05, 3.63) is 47.5 Å². The van der Waals surface area contributed by atoms with E-state index in [2.05, 4.69) is 51.1 Å². The average Bonchev–Trinajstić information content (AvgIpc) is 3.17. The van der Waals surface area contributed by atoms with E-state index in [1.54, 1.807) is 28.4 Å². The molecule has 2 aliphatic rings. The normalized spacial score (nSPS) is 16.8. The maximum atomic E-state index is 6.39. The summed E-state index contributed by atoms with van der Waals surface area (Å²) in [5, 5.41) is 0.781. The van der Waals surface area contributed by atoms with E-state index in [9.17, 15) is 0 Å². The number of benzene rings is 2. The van der Waals surface area contributed by atoms with Gasteiger partial charge in [0.1, 0.15) is 18.3 Å². The van der Waals surface area contributed by atoms with Crippen molar-refractivity contribution in [2.75, 3.05) is 152 Å². The van der Waals surface area contributed by atoms with Crippen LogP contribution < -0.4 is 4.90 Å². The molecule has 3 atom stereocenters. The second kappa shape index (κ2) is 25.5. The van der Waals surface area contributed by atoms with Crippen molar-refractivity contribution >= 4 is 34.7 Å². The third-order valence-electron chi connectivity index (χ3n) is 9.08. The van der Waals surface area contributed by atoms with Crippen LogP contribution in [0.1, 0.15) is 6.42 Å². The lowest BCUT2D eigenvalue weighted by Gasteiger charge is -2.36. The molecule has 0 amide bonds. The largest absolute Gasteiger partial charge is 0.382 e. The molecule has 2 aliphatic heterocycles. The standard InChI is InChI=1S/C38H60ClN3O9S/c1-43-25-32(44-2)27-50-29-34(46-4)30-51-28-33(45-3)26-49-23-22-48-21-20-47-19-18-41-16-14-40(15-17-41)12-7-13-42-35-8-5-6-9-37(35)52-38-11-10-31(39)24-36(38)42/h5-6,8-11,24,32-34H,7,12-23,25-30H2,1-4H3. The Bertz CT molecular complexity index is 1250. The molecule has 0 N–H and O–H groups in total. The van der Waals surface area contributed by atoms with Crippen molar-refractivity contribution in [1.82, 2.24) is 9.80 Å². The van der Waals surface area contributed by atoms with Crippen molar-refractivity contribution in [2.24, 2.45) is 0 Å². The monoisotopic (exact) mass is 769 g/mol. The second-order valence-corrected chi connectivity index (χ2v) is 14.3. The molecule has 2 heterocycles. The van der Waals surface area contributed by atoms with Gasteiger partial charge in [0.2, 0.25) is 0 Å². The molecule has 3 unspecified atom stereocenters. The molecule has 0 bridgehead atoms. The number of nitrogens with zero attached hydrogens (tertiary/aromatic N) is 3. The molecule has 0 spiro atoms. The van der Waals surface area contributed by atoms with E-state index in [0.29, 0.717) is 72.7 Å². The molecule has 2 aromatic carbocycles. The van der Waals surface area contributed by atoms with Gasteiger partial charge in [-0.2, -0.15) is 0 Å². The second-order valence-electron chi connectivity index (χ2n) is 12.8. The van der Waals surface area contributed by atoms with E-state index in [1.165, 1.54) is 21.2 Å². The summed E-state index contributed by atoms with van der Waals surface area (Å²) in [4.78, 5) is 10.1. The summed E-state index contributed by atoms with van der Waals surface area (Å²) in [5.74, 6) is 0. The Labute approximate surface area is 320 Å². The Balaban J connectivity index is 0.961. The lowest BCUT2D eigenvalue weighted by atomic mass is 10.2. The average molecular weight is 770 g/mol. The highest BCUT2D eigenvalue weighted by Crippen LogP contribution is 2.48. The summed E-state index contributed by atoms with van der Waals surface area (Å²) in [6.07, 6.45) is 0.613. The van der Waals surface area contributed by atoms with Gasteiger partial charge in [-0.3, -0.25) is 4.90 Å². The molecule has 4 rings (SSSR count). The molecule has 0 radical (unpaired) electrons. The fourth-order valence-electron chi connectivity index (χ4n) is 5.98.